The number of carbonyl (C=O) groups excluding carboxylic acids is 2. The third-order valence-electron chi connectivity index (χ3n) is 6.75. The van der Waals surface area contributed by atoms with E-state index in [1.54, 1.807) is 30.3 Å². The van der Waals surface area contributed by atoms with E-state index in [9.17, 15) is 19.5 Å². The number of anilines is 1. The maximum atomic E-state index is 13.8. The summed E-state index contributed by atoms with van der Waals surface area (Å²) in [7, 11) is 1.34. The zero-order valence-electron chi connectivity index (χ0n) is 20.9. The maximum absolute atomic E-state index is 13.8. The van der Waals surface area contributed by atoms with Crippen LogP contribution >= 0.6 is 0 Å². The van der Waals surface area contributed by atoms with Crippen molar-refractivity contribution in [1.29, 1.82) is 0 Å². The van der Waals surface area contributed by atoms with Gasteiger partial charge in [-0.15, -0.1) is 0 Å². The molecule has 190 valence electrons. The fourth-order valence-electron chi connectivity index (χ4n) is 4.73. The molecule has 6 nitrogen and oxygen atoms in total. The zero-order chi connectivity index (χ0) is 26.2. The van der Waals surface area contributed by atoms with Gasteiger partial charge in [0.1, 0.15) is 0 Å². The van der Waals surface area contributed by atoms with Gasteiger partial charge in [-0.25, -0.2) is 9.59 Å². The first kappa shape index (κ1) is 25.9. The summed E-state index contributed by atoms with van der Waals surface area (Å²) in [6, 6.07) is 22.3. The van der Waals surface area contributed by atoms with Crippen molar-refractivity contribution in [2.45, 2.75) is 38.6 Å². The number of hydrogen-bond donors (Lipinski definition) is 1. The Hall–Kier alpha value is -4.19. The molecule has 4 rings (SSSR count). The molecule has 3 aromatic rings. The van der Waals surface area contributed by atoms with Crippen LogP contribution in [0.15, 0.2) is 78.9 Å². The van der Waals surface area contributed by atoms with Gasteiger partial charge in [-0.3, -0.25) is 4.79 Å². The third kappa shape index (κ3) is 6.73. The van der Waals surface area contributed by atoms with Crippen molar-refractivity contribution in [3.8, 4) is 11.1 Å². The molecule has 0 spiro atoms. The van der Waals surface area contributed by atoms with Crippen LogP contribution in [-0.2, 0) is 20.9 Å². The minimum Gasteiger partial charge on any atom is -0.478 e. The summed E-state index contributed by atoms with van der Waals surface area (Å²) in [5.74, 6) is -1.28. The van der Waals surface area contributed by atoms with E-state index < -0.39 is 11.9 Å². The highest BCUT2D eigenvalue weighted by molar-refractivity contribution is 5.95. The van der Waals surface area contributed by atoms with Crippen LogP contribution in [0.5, 0.6) is 0 Å². The first-order chi connectivity index (χ1) is 17.9. The molecule has 0 aromatic heterocycles. The highest BCUT2D eigenvalue weighted by atomic mass is 16.5. The quantitative estimate of drug-likeness (QED) is 0.290. The number of hydrogen-bond acceptors (Lipinski definition) is 4. The second-order valence-electron chi connectivity index (χ2n) is 9.29. The fraction of sp³-hybridized carbons (Fsp3) is 0.258. The lowest BCUT2D eigenvalue weighted by Crippen LogP contribution is -2.36. The molecule has 1 saturated carbocycles. The smallest absolute Gasteiger partial charge is 0.335 e. The molecule has 0 unspecified atom stereocenters. The molecule has 0 saturated heterocycles. The lowest BCUT2D eigenvalue weighted by molar-refractivity contribution is -0.134. The molecule has 1 fully saturated rings. The highest BCUT2D eigenvalue weighted by Gasteiger charge is 2.27. The third-order valence-corrected chi connectivity index (χ3v) is 6.75. The van der Waals surface area contributed by atoms with Gasteiger partial charge in [-0.1, -0.05) is 61.7 Å². The number of carboxylic acids is 1. The van der Waals surface area contributed by atoms with Gasteiger partial charge < -0.3 is 14.7 Å². The Balaban J connectivity index is 1.64. The Morgan fingerprint density at radius 2 is 1.65 bits per heavy atom. The molecule has 0 radical (unpaired) electrons. The van der Waals surface area contributed by atoms with Crippen LogP contribution in [0.2, 0.25) is 0 Å². The van der Waals surface area contributed by atoms with Gasteiger partial charge in [0.25, 0.3) is 0 Å². The topological polar surface area (TPSA) is 83.9 Å². The van der Waals surface area contributed by atoms with Crippen molar-refractivity contribution in [2.75, 3.05) is 12.0 Å². The molecule has 1 aliphatic carbocycles. The van der Waals surface area contributed by atoms with Crippen molar-refractivity contribution >= 4 is 29.6 Å². The number of rotatable bonds is 8. The normalized spacial score (nSPS) is 13.9. The molecule has 6 heteroatoms. The van der Waals surface area contributed by atoms with Crippen LogP contribution in [-0.4, -0.2) is 30.1 Å². The number of methoxy groups -OCH3 is 1. The second-order valence-corrected chi connectivity index (χ2v) is 9.29. The molecule has 37 heavy (non-hydrogen) atoms. The van der Waals surface area contributed by atoms with E-state index in [2.05, 4.69) is 0 Å². The van der Waals surface area contributed by atoms with Crippen LogP contribution in [0.4, 0.5) is 5.69 Å². The number of nitrogens with zero attached hydrogens (tertiary/aromatic N) is 1. The van der Waals surface area contributed by atoms with Crippen LogP contribution < -0.4 is 4.90 Å². The zero-order valence-corrected chi connectivity index (χ0v) is 20.9. The van der Waals surface area contributed by atoms with Crippen LogP contribution in [0, 0.1) is 5.92 Å². The molecular weight excluding hydrogens is 466 g/mol. The lowest BCUT2D eigenvalue weighted by Gasteiger charge is -2.30. The standard InChI is InChI=1S/C31H31NO5/c1-37-29(33)18-13-22-7-6-12-28(20-22)32(30(34)25-9-3-2-4-10-25)21-23-8-5-11-27(19-23)24-14-16-26(17-15-24)31(35)36/h5-8,11-20,25H,2-4,9-10,21H2,1H3,(H,35,36)/b18-13+. The van der Waals surface area contributed by atoms with Gasteiger partial charge in [0.2, 0.25) is 5.91 Å². The Bertz CT molecular complexity index is 1290. The molecule has 3 aromatic carbocycles. The van der Waals surface area contributed by atoms with Crippen molar-refractivity contribution < 1.29 is 24.2 Å². The average molecular weight is 498 g/mol. The van der Waals surface area contributed by atoms with Gasteiger partial charge in [0.05, 0.1) is 19.2 Å². The van der Waals surface area contributed by atoms with E-state index in [1.807, 2.05) is 53.4 Å². The first-order valence-electron chi connectivity index (χ1n) is 12.5. The van der Waals surface area contributed by atoms with Crippen molar-refractivity contribution in [1.82, 2.24) is 0 Å². The predicted octanol–water partition coefficient (Wildman–Crippen LogP) is 6.35. The molecule has 0 atom stereocenters. The van der Waals surface area contributed by atoms with Crippen molar-refractivity contribution in [3.63, 3.8) is 0 Å². The van der Waals surface area contributed by atoms with Gasteiger partial charge in [-0.05, 0) is 71.5 Å². The van der Waals surface area contributed by atoms with Gasteiger partial charge >= 0.3 is 11.9 Å². The highest BCUT2D eigenvalue weighted by Crippen LogP contribution is 2.30. The Labute approximate surface area is 217 Å². The van der Waals surface area contributed by atoms with E-state index >= 15 is 0 Å². The summed E-state index contributed by atoms with van der Waals surface area (Å²) in [4.78, 5) is 38.4. The summed E-state index contributed by atoms with van der Waals surface area (Å²) in [5.41, 5.74) is 4.65. The molecule has 1 aliphatic rings. The first-order valence-corrected chi connectivity index (χ1v) is 12.5. The molecule has 1 amide bonds. The summed E-state index contributed by atoms with van der Waals surface area (Å²) in [6.07, 6.45) is 8.13. The minimum atomic E-state index is -0.958. The van der Waals surface area contributed by atoms with Crippen LogP contribution in [0.3, 0.4) is 0 Å². The van der Waals surface area contributed by atoms with Crippen molar-refractivity contribution in [3.05, 3.63) is 95.6 Å². The Kier molecular flexibility index (Phi) is 8.52. The number of carboxylic acid groups (broad SMARTS) is 1. The van der Waals surface area contributed by atoms with E-state index in [-0.39, 0.29) is 17.4 Å². The maximum Gasteiger partial charge on any atom is 0.335 e. The molecule has 1 N–H and O–H groups in total. The van der Waals surface area contributed by atoms with E-state index in [1.165, 1.54) is 19.6 Å². The molecule has 0 bridgehead atoms. The SMILES string of the molecule is COC(=O)/C=C/c1cccc(N(Cc2cccc(-c3ccc(C(=O)O)cc3)c2)C(=O)C2CCCCC2)c1. The predicted molar refractivity (Wildman–Crippen MR) is 144 cm³/mol. The Morgan fingerprint density at radius 1 is 0.919 bits per heavy atom. The van der Waals surface area contributed by atoms with E-state index in [4.69, 9.17) is 4.74 Å². The van der Waals surface area contributed by atoms with Crippen LogP contribution in [0.1, 0.15) is 53.6 Å². The molecule has 0 heterocycles. The summed E-state index contributed by atoms with van der Waals surface area (Å²) in [6.45, 7) is 0.403. The average Bonchev–Trinajstić information content (AvgIpc) is 2.95. The monoisotopic (exact) mass is 497 g/mol. The fourth-order valence-corrected chi connectivity index (χ4v) is 4.73. The number of amides is 1. The second kappa shape index (κ2) is 12.2. The summed E-state index contributed by atoms with van der Waals surface area (Å²) >= 11 is 0. The number of carbonyl (C=O) groups is 3. The molecule has 0 aliphatic heterocycles. The lowest BCUT2D eigenvalue weighted by atomic mass is 9.88. The van der Waals surface area contributed by atoms with E-state index in [0.717, 1.165) is 53.6 Å². The van der Waals surface area contributed by atoms with Gasteiger partial charge in [0.15, 0.2) is 0 Å². The van der Waals surface area contributed by atoms with E-state index in [0.29, 0.717) is 6.54 Å². The van der Waals surface area contributed by atoms with Crippen molar-refractivity contribution in [2.24, 2.45) is 5.92 Å². The molecular formula is C31H31NO5. The summed E-state index contributed by atoms with van der Waals surface area (Å²) in [5, 5.41) is 9.19. The number of esters is 1. The number of ether oxygens (including phenoxy) is 1. The Morgan fingerprint density at radius 3 is 2.35 bits per heavy atom. The van der Waals surface area contributed by atoms with Gasteiger partial charge in [0, 0.05) is 17.7 Å². The number of benzene rings is 3. The number of aromatic carboxylic acids is 1. The minimum absolute atomic E-state index is 0.00485. The van der Waals surface area contributed by atoms with Gasteiger partial charge in [-0.2, -0.15) is 0 Å². The largest absolute Gasteiger partial charge is 0.478 e. The van der Waals surface area contributed by atoms with Crippen LogP contribution in [0.25, 0.3) is 17.2 Å². The summed E-state index contributed by atoms with van der Waals surface area (Å²) < 4.78 is 4.69.